The Hall–Kier alpha value is -2.93. The quantitative estimate of drug-likeness (QED) is 0.156. The maximum atomic E-state index is 12.8. The van der Waals surface area contributed by atoms with Gasteiger partial charge in [-0.2, -0.15) is 18.1 Å². The maximum Gasteiger partial charge on any atom is 0.317 e. The number of hydrogen-bond donors (Lipinski definition) is 1. The molecule has 2 rings (SSSR count). The van der Waals surface area contributed by atoms with Crippen molar-refractivity contribution in [1.82, 2.24) is 15.2 Å². The van der Waals surface area contributed by atoms with Crippen molar-refractivity contribution in [2.24, 2.45) is 7.05 Å². The topological polar surface area (TPSA) is 66.2 Å². The van der Waals surface area contributed by atoms with Crippen LogP contribution in [0.5, 0.6) is 0 Å². The molecule has 6 nitrogen and oxygen atoms in total. The average molecular weight is 554 g/mol. The summed E-state index contributed by atoms with van der Waals surface area (Å²) in [4.78, 5) is 31.5. The molecular formula is C32H49N4O2S+. The molecule has 214 valence electrons. The first kappa shape index (κ1) is 34.1. The van der Waals surface area contributed by atoms with Crippen LogP contribution < -0.4 is 9.88 Å². The van der Waals surface area contributed by atoms with Gasteiger partial charge in [0.15, 0.2) is 6.20 Å². The van der Waals surface area contributed by atoms with Crippen molar-refractivity contribution in [2.75, 3.05) is 13.1 Å². The van der Waals surface area contributed by atoms with Crippen molar-refractivity contribution in [1.29, 1.82) is 0 Å². The van der Waals surface area contributed by atoms with Gasteiger partial charge in [-0.1, -0.05) is 67.7 Å². The molecule has 7 heteroatoms. The minimum absolute atomic E-state index is 0. The Morgan fingerprint density at radius 2 is 1.59 bits per heavy atom. The van der Waals surface area contributed by atoms with Crippen LogP contribution in [0.4, 0.5) is 0 Å². The number of aryl methyl sites for hydroxylation is 2. The normalized spacial score (nSPS) is 15.9. The lowest BCUT2D eigenvalue weighted by Gasteiger charge is -2.24. The fourth-order valence-corrected chi connectivity index (χ4v) is 4.42. The minimum atomic E-state index is -0.155. The molecule has 1 aromatic rings. The number of aromatic nitrogens is 2. The zero-order chi connectivity index (χ0) is 27.4. The van der Waals surface area contributed by atoms with Crippen LogP contribution >= 0.6 is 13.5 Å². The highest BCUT2D eigenvalue weighted by Gasteiger charge is 2.29. The number of likely N-dealkylation sites (tertiary alicyclic amines) is 1. The molecule has 1 atom stereocenters. The van der Waals surface area contributed by atoms with E-state index in [1.54, 1.807) is 10.8 Å². The van der Waals surface area contributed by atoms with Gasteiger partial charge in [0.2, 0.25) is 5.91 Å². The standard InChI is InChI=1S/C32H46N4O2.H2S/c1-4-5-6-7-8-9-10-11-12-13-14-15-16-17-18-19-20-23-31(37)36-24-21-22-29(36)25-34-32(38)30-26-33-28(2)27-35(30)3;/h5-6,8-9,11-12,14-15,17-18,26-27,29H,4,7,10,13,16,19-25H2,1-3H3;1H2/p+1/b6-5-,9-8-,12-11-,15-14-,18-17-;/t29-;/m0./s1. The van der Waals surface area contributed by atoms with Gasteiger partial charge in [-0.3, -0.25) is 9.59 Å². The second-order valence-electron chi connectivity index (χ2n) is 9.72. The molecule has 1 N–H and O–H groups in total. The minimum Gasteiger partial charge on any atom is -0.345 e. The third kappa shape index (κ3) is 14.1. The highest BCUT2D eigenvalue weighted by Crippen LogP contribution is 2.18. The zero-order valence-electron chi connectivity index (χ0n) is 24.1. The Bertz CT molecular complexity index is 1010. The first-order valence-electron chi connectivity index (χ1n) is 14.2. The van der Waals surface area contributed by atoms with Crippen LogP contribution in [0.2, 0.25) is 0 Å². The number of nitrogens with one attached hydrogen (secondary N) is 1. The number of allylic oxidation sites excluding steroid dienone is 10. The van der Waals surface area contributed by atoms with Crippen molar-refractivity contribution < 1.29 is 14.2 Å². The number of rotatable bonds is 16. The Kier molecular flexibility index (Phi) is 18.3. The van der Waals surface area contributed by atoms with E-state index in [1.807, 2.05) is 25.1 Å². The van der Waals surface area contributed by atoms with Crippen LogP contribution in [0.15, 0.2) is 73.2 Å². The molecule has 0 saturated carbocycles. The monoisotopic (exact) mass is 553 g/mol. The summed E-state index contributed by atoms with van der Waals surface area (Å²) in [6.07, 6.45) is 34.6. The van der Waals surface area contributed by atoms with Crippen LogP contribution in [0.1, 0.15) is 87.3 Å². The summed E-state index contributed by atoms with van der Waals surface area (Å²) in [6, 6.07) is 0.0730. The van der Waals surface area contributed by atoms with E-state index in [0.29, 0.717) is 18.7 Å². The van der Waals surface area contributed by atoms with Crippen molar-refractivity contribution in [3.63, 3.8) is 0 Å². The fraction of sp³-hybridized carbons (Fsp3) is 0.500. The molecule has 0 radical (unpaired) electrons. The summed E-state index contributed by atoms with van der Waals surface area (Å²) in [5.74, 6) is 0.0364. The molecule has 0 aliphatic carbocycles. The second-order valence-corrected chi connectivity index (χ2v) is 9.72. The van der Waals surface area contributed by atoms with E-state index < -0.39 is 0 Å². The number of amides is 2. The van der Waals surface area contributed by atoms with Crippen molar-refractivity contribution >= 4 is 25.3 Å². The average Bonchev–Trinajstić information content (AvgIpc) is 3.38. The van der Waals surface area contributed by atoms with E-state index in [2.05, 4.69) is 78.0 Å². The van der Waals surface area contributed by atoms with Crippen molar-refractivity contribution in [3.05, 3.63) is 84.5 Å². The van der Waals surface area contributed by atoms with Gasteiger partial charge in [0.25, 0.3) is 5.69 Å². The smallest absolute Gasteiger partial charge is 0.317 e. The molecule has 1 aromatic heterocycles. The molecule has 0 spiro atoms. The van der Waals surface area contributed by atoms with E-state index in [0.717, 1.165) is 70.0 Å². The molecule has 2 heterocycles. The number of carbonyl (C=O) groups excluding carboxylic acids is 2. The van der Waals surface area contributed by atoms with Crippen LogP contribution in [0, 0.1) is 6.92 Å². The lowest BCUT2D eigenvalue weighted by atomic mass is 10.1. The fourth-order valence-electron chi connectivity index (χ4n) is 4.42. The number of unbranched alkanes of at least 4 members (excludes halogenated alkanes) is 1. The largest absolute Gasteiger partial charge is 0.345 e. The third-order valence-corrected chi connectivity index (χ3v) is 6.50. The summed E-state index contributed by atoms with van der Waals surface area (Å²) in [5.41, 5.74) is 1.38. The van der Waals surface area contributed by atoms with Crippen LogP contribution in [-0.2, 0) is 11.8 Å². The highest BCUT2D eigenvalue weighted by molar-refractivity contribution is 7.59. The number of hydrogen-bond acceptors (Lipinski definition) is 3. The van der Waals surface area contributed by atoms with Crippen LogP contribution in [0.25, 0.3) is 0 Å². The molecule has 0 bridgehead atoms. The number of carbonyl (C=O) groups is 2. The first-order valence-corrected chi connectivity index (χ1v) is 14.2. The van der Waals surface area contributed by atoms with Gasteiger partial charge in [0, 0.05) is 25.6 Å². The molecule has 1 fully saturated rings. The molecule has 0 unspecified atom stereocenters. The van der Waals surface area contributed by atoms with Gasteiger partial charge < -0.3 is 10.2 Å². The van der Waals surface area contributed by atoms with E-state index in [-0.39, 0.29) is 31.4 Å². The van der Waals surface area contributed by atoms with Gasteiger partial charge in [-0.05, 0) is 64.7 Å². The predicted molar refractivity (Wildman–Crippen MR) is 166 cm³/mol. The van der Waals surface area contributed by atoms with Gasteiger partial charge in [-0.25, -0.2) is 4.98 Å². The van der Waals surface area contributed by atoms with Gasteiger partial charge in [0.05, 0.1) is 0 Å². The van der Waals surface area contributed by atoms with Crippen molar-refractivity contribution in [2.45, 2.75) is 84.1 Å². The summed E-state index contributed by atoms with van der Waals surface area (Å²) in [7, 11) is 1.84. The molecule has 39 heavy (non-hydrogen) atoms. The van der Waals surface area contributed by atoms with Crippen molar-refractivity contribution in [3.8, 4) is 0 Å². The van der Waals surface area contributed by atoms with Crippen LogP contribution in [-0.4, -0.2) is 40.8 Å². The second kappa shape index (κ2) is 21.0. The first-order chi connectivity index (χ1) is 18.5. The summed E-state index contributed by atoms with van der Waals surface area (Å²) >= 11 is 0. The molecule has 1 aliphatic rings. The third-order valence-electron chi connectivity index (χ3n) is 6.50. The Labute approximate surface area is 243 Å². The van der Waals surface area contributed by atoms with E-state index in [9.17, 15) is 9.59 Å². The Morgan fingerprint density at radius 1 is 1.00 bits per heavy atom. The molecule has 0 aromatic carbocycles. The molecule has 2 amide bonds. The van der Waals surface area contributed by atoms with Gasteiger partial charge >= 0.3 is 5.91 Å². The number of nitrogens with zero attached hydrogens (tertiary/aromatic N) is 3. The lowest BCUT2D eigenvalue weighted by molar-refractivity contribution is -0.674. The van der Waals surface area contributed by atoms with Gasteiger partial charge in [0.1, 0.15) is 18.9 Å². The SMILES string of the molecule is CC/C=C\C/C=C\C/C=C\C/C=C\C/C=C\CCCC(=O)N1CCC[C@H]1CNC(=O)c1cnc(C)c[n+]1C.S. The molecular weight excluding hydrogens is 504 g/mol. The molecule has 1 aliphatic heterocycles. The zero-order valence-corrected chi connectivity index (χ0v) is 25.1. The summed E-state index contributed by atoms with van der Waals surface area (Å²) in [5, 5.41) is 2.99. The Morgan fingerprint density at radius 3 is 2.18 bits per heavy atom. The molecule has 1 saturated heterocycles. The van der Waals surface area contributed by atoms with Crippen LogP contribution in [0.3, 0.4) is 0 Å². The van der Waals surface area contributed by atoms with E-state index in [1.165, 1.54) is 0 Å². The van der Waals surface area contributed by atoms with E-state index >= 15 is 0 Å². The highest BCUT2D eigenvalue weighted by atomic mass is 32.1. The lowest BCUT2D eigenvalue weighted by Crippen LogP contribution is -2.46. The Balaban J connectivity index is 0.00000760. The summed E-state index contributed by atoms with van der Waals surface area (Å²) < 4.78 is 1.78. The van der Waals surface area contributed by atoms with Gasteiger partial charge in [-0.15, -0.1) is 0 Å². The maximum absolute atomic E-state index is 12.8. The summed E-state index contributed by atoms with van der Waals surface area (Å²) in [6.45, 7) is 5.30. The van der Waals surface area contributed by atoms with E-state index in [4.69, 9.17) is 0 Å². The predicted octanol–water partition coefficient (Wildman–Crippen LogP) is 5.97.